The second-order valence-electron chi connectivity index (χ2n) is 9.22. The van der Waals surface area contributed by atoms with Crippen molar-refractivity contribution >= 4 is 70.8 Å². The molecule has 0 atom stereocenters. The largest absolute Gasteiger partial charge is 1.00 e. The van der Waals surface area contributed by atoms with E-state index in [1.54, 1.807) is 0 Å². The molecule has 15 nitrogen and oxygen atoms in total. The number of nitrogens with one attached hydrogen (secondary N) is 1. The Hall–Kier alpha value is -3.62. The zero-order valence-corrected chi connectivity index (χ0v) is 30.1. The summed E-state index contributed by atoms with van der Waals surface area (Å²) < 4.78 is 71.3. The van der Waals surface area contributed by atoms with Gasteiger partial charge in [-0.25, -0.2) is 16.8 Å². The average molecular weight is 693 g/mol. The molecule has 0 amide bonds. The summed E-state index contributed by atoms with van der Waals surface area (Å²) in [5.74, 6) is 0.0214. The molecule has 0 spiro atoms. The number of phenolic OH excluding ortho intramolecular Hbond substituents is 1. The van der Waals surface area contributed by atoms with E-state index in [0.29, 0.717) is 23.1 Å². The van der Waals surface area contributed by atoms with E-state index in [0.717, 1.165) is 18.2 Å². The normalized spacial score (nSPS) is 11.7. The van der Waals surface area contributed by atoms with E-state index >= 15 is 0 Å². The average Bonchev–Trinajstić information content (AvgIpc) is 2.99. The number of fused-ring (bicyclic) bond motifs is 1. The third-order valence-corrected chi connectivity index (χ3v) is 7.97. The Morgan fingerprint density at radius 3 is 1.79 bits per heavy atom. The minimum absolute atomic E-state index is 0. The summed E-state index contributed by atoms with van der Waals surface area (Å²) in [6.45, 7) is 0. The van der Waals surface area contributed by atoms with Crippen molar-refractivity contribution in [2.45, 2.75) is 9.79 Å². The molecule has 228 valence electrons. The fraction of sp³-hybridized carbons (Fsp3) is 0. The Bertz CT molecular complexity index is 2230. The first-order chi connectivity index (χ1) is 21.3. The van der Waals surface area contributed by atoms with E-state index in [4.69, 9.17) is 0 Å². The van der Waals surface area contributed by atoms with Gasteiger partial charge in [0.1, 0.15) is 26.0 Å². The number of nitro benzene ring substituents is 1. The predicted octanol–water partition coefficient (Wildman–Crippen LogP) is 0.844. The predicted molar refractivity (Wildman–Crippen MR) is 159 cm³/mol. The van der Waals surface area contributed by atoms with Gasteiger partial charge < -0.3 is 19.5 Å². The molecule has 0 fully saturated rings. The number of phenols is 1. The first-order valence-electron chi connectivity index (χ1n) is 12.6. The van der Waals surface area contributed by atoms with Gasteiger partial charge in [0.2, 0.25) is 0 Å². The van der Waals surface area contributed by atoms with Gasteiger partial charge in [-0.15, -0.1) is 10.2 Å². The van der Waals surface area contributed by atoms with E-state index in [1.807, 2.05) is 0 Å². The fourth-order valence-electron chi connectivity index (χ4n) is 4.16. The first kappa shape index (κ1) is 37.8. The van der Waals surface area contributed by atoms with Crippen LogP contribution in [0.15, 0.2) is 127 Å². The second-order valence-corrected chi connectivity index (χ2v) is 11.9. The van der Waals surface area contributed by atoms with Crippen molar-refractivity contribution in [1.82, 2.24) is 0 Å². The van der Waals surface area contributed by atoms with Crippen LogP contribution in [0, 0.1) is 10.1 Å². The summed E-state index contributed by atoms with van der Waals surface area (Å²) in [5, 5.41) is 40.0. The number of rotatable bonds is 9. The van der Waals surface area contributed by atoms with Gasteiger partial charge in [0.25, 0.3) is 5.69 Å². The standard InChI is InChI=1S/C28H20N6O9S2.2Na/c35-21-11-8-19(9-12-21)31-33-25-15-14-23(22-2-1-3-26(28(22)25)44(38,39)40)32-30-18-6-4-17(5-7-18)29-24-13-10-20(34(36)37)16-27(24)45(41,42)43;;/h1-16,29,35H,(H,38,39,40)(H,41,42,43);;/q;2*+1/p-2. The number of aromatic hydroxyl groups is 1. The topological polar surface area (TPSA) is 239 Å². The molecule has 5 aromatic rings. The molecule has 0 bridgehead atoms. The van der Waals surface area contributed by atoms with Gasteiger partial charge in [-0.05, 0) is 72.8 Å². The van der Waals surface area contributed by atoms with E-state index < -0.39 is 40.6 Å². The Kier molecular flexibility index (Phi) is 12.5. The van der Waals surface area contributed by atoms with Crippen LogP contribution >= 0.6 is 0 Å². The Labute approximate surface area is 311 Å². The van der Waals surface area contributed by atoms with Crippen LogP contribution in [0.2, 0.25) is 0 Å². The summed E-state index contributed by atoms with van der Waals surface area (Å²) in [6, 6.07) is 21.6. The van der Waals surface area contributed by atoms with Gasteiger partial charge in [0.15, 0.2) is 0 Å². The number of nitrogens with zero attached hydrogens (tertiary/aromatic N) is 5. The number of non-ortho nitro benzene ring substituents is 1. The van der Waals surface area contributed by atoms with Crippen LogP contribution in [-0.2, 0) is 20.2 Å². The molecule has 0 aliphatic carbocycles. The molecular weight excluding hydrogens is 674 g/mol. The van der Waals surface area contributed by atoms with Gasteiger partial charge in [-0.3, -0.25) is 10.1 Å². The van der Waals surface area contributed by atoms with Crippen molar-refractivity contribution in [3.63, 3.8) is 0 Å². The molecule has 5 rings (SSSR count). The molecule has 19 heteroatoms. The monoisotopic (exact) mass is 692 g/mol. The molecule has 0 radical (unpaired) electrons. The van der Waals surface area contributed by atoms with Crippen molar-refractivity contribution in [2.75, 3.05) is 5.32 Å². The van der Waals surface area contributed by atoms with Crippen molar-refractivity contribution < 1.29 is 95.1 Å². The van der Waals surface area contributed by atoms with Crippen LogP contribution in [0.5, 0.6) is 5.75 Å². The van der Waals surface area contributed by atoms with E-state index in [2.05, 4.69) is 25.8 Å². The minimum Gasteiger partial charge on any atom is -0.744 e. The van der Waals surface area contributed by atoms with Crippen molar-refractivity contribution in [3.05, 3.63) is 107 Å². The molecule has 0 saturated heterocycles. The van der Waals surface area contributed by atoms with Crippen molar-refractivity contribution in [2.24, 2.45) is 20.5 Å². The number of azo groups is 2. The maximum atomic E-state index is 12.1. The SMILES string of the molecule is O=[N+]([O-])c1ccc(Nc2ccc(N=Nc3ccc(N=Nc4ccc(O)cc4)c4c(S(=O)(=O)[O-])cccc34)cc2)c(S(=O)(=O)[O-])c1.[Na+].[Na+]. The zero-order valence-electron chi connectivity index (χ0n) is 24.5. The smallest absolute Gasteiger partial charge is 0.744 e. The molecule has 0 aromatic heterocycles. The molecule has 0 aliphatic heterocycles. The van der Waals surface area contributed by atoms with Crippen LogP contribution < -0.4 is 64.4 Å². The summed E-state index contributed by atoms with van der Waals surface area (Å²) in [4.78, 5) is 8.86. The van der Waals surface area contributed by atoms with E-state index in [-0.39, 0.29) is 92.7 Å². The van der Waals surface area contributed by atoms with Crippen LogP contribution in [0.1, 0.15) is 0 Å². The molecule has 0 heterocycles. The van der Waals surface area contributed by atoms with Crippen molar-refractivity contribution in [3.8, 4) is 5.75 Å². The quantitative estimate of drug-likeness (QED) is 0.0725. The molecule has 2 N–H and O–H groups in total. The van der Waals surface area contributed by atoms with Crippen LogP contribution in [0.4, 0.5) is 39.8 Å². The number of hydrogen-bond acceptors (Lipinski definition) is 14. The van der Waals surface area contributed by atoms with Gasteiger partial charge in [0.05, 0.1) is 43.2 Å². The molecule has 0 aliphatic rings. The number of benzene rings is 5. The van der Waals surface area contributed by atoms with E-state index in [9.17, 15) is 41.2 Å². The number of hydrogen-bond donors (Lipinski definition) is 2. The van der Waals surface area contributed by atoms with Gasteiger partial charge in [-0.1, -0.05) is 12.1 Å². The summed E-state index contributed by atoms with van der Waals surface area (Å²) in [6.07, 6.45) is 0. The Morgan fingerprint density at radius 1 is 0.660 bits per heavy atom. The summed E-state index contributed by atoms with van der Waals surface area (Å²) >= 11 is 0. The third kappa shape index (κ3) is 9.26. The summed E-state index contributed by atoms with van der Waals surface area (Å²) in [7, 11) is -9.97. The van der Waals surface area contributed by atoms with Crippen LogP contribution in [0.3, 0.4) is 0 Å². The Balaban J connectivity index is 0.00000300. The van der Waals surface area contributed by atoms with Gasteiger partial charge in [-0.2, -0.15) is 10.2 Å². The number of anilines is 2. The maximum Gasteiger partial charge on any atom is 1.00 e. The third-order valence-electron chi connectivity index (χ3n) is 6.21. The Morgan fingerprint density at radius 2 is 1.21 bits per heavy atom. The van der Waals surface area contributed by atoms with Gasteiger partial charge in [0, 0.05) is 28.6 Å². The van der Waals surface area contributed by atoms with Crippen molar-refractivity contribution in [1.29, 1.82) is 0 Å². The molecule has 5 aromatic carbocycles. The fourth-order valence-corrected chi connectivity index (χ4v) is 5.53. The summed E-state index contributed by atoms with van der Waals surface area (Å²) in [5.41, 5.74) is 0.565. The molecule has 47 heavy (non-hydrogen) atoms. The molecule has 0 saturated carbocycles. The molecular formula is C28H18N6Na2O9S2. The van der Waals surface area contributed by atoms with Crippen LogP contribution in [0.25, 0.3) is 10.8 Å². The minimum atomic E-state index is -5.04. The number of nitro groups is 1. The molecule has 0 unspecified atom stereocenters. The van der Waals surface area contributed by atoms with Gasteiger partial charge >= 0.3 is 59.1 Å². The first-order valence-corrected chi connectivity index (χ1v) is 15.4. The second kappa shape index (κ2) is 15.5. The zero-order chi connectivity index (χ0) is 32.4. The maximum absolute atomic E-state index is 12.1. The van der Waals surface area contributed by atoms with E-state index in [1.165, 1.54) is 72.8 Å². The van der Waals surface area contributed by atoms with Crippen LogP contribution in [-0.4, -0.2) is 36.0 Å².